The molecule has 0 spiro atoms. The van der Waals surface area contributed by atoms with Gasteiger partial charge in [0.05, 0.1) is 11.4 Å². The van der Waals surface area contributed by atoms with E-state index in [9.17, 15) is 14.4 Å². The summed E-state index contributed by atoms with van der Waals surface area (Å²) in [6.07, 6.45) is 2.95. The number of nitrogens with one attached hydrogen (secondary N) is 3. The lowest BCUT2D eigenvalue weighted by molar-refractivity contribution is -0.136. The molecule has 0 bridgehead atoms. The molecule has 3 N–H and O–H groups in total. The first-order valence-electron chi connectivity index (χ1n) is 9.35. The van der Waals surface area contributed by atoms with Crippen molar-refractivity contribution in [2.24, 2.45) is 0 Å². The quantitative estimate of drug-likeness (QED) is 0.460. The van der Waals surface area contributed by atoms with Crippen molar-refractivity contribution in [1.29, 1.82) is 0 Å². The van der Waals surface area contributed by atoms with Gasteiger partial charge in [0, 0.05) is 31.4 Å². The summed E-state index contributed by atoms with van der Waals surface area (Å²) in [5.41, 5.74) is 1.85. The van der Waals surface area contributed by atoms with Crippen molar-refractivity contribution in [3.63, 3.8) is 0 Å². The average Bonchev–Trinajstić information content (AvgIpc) is 3.28. The molecule has 0 fully saturated rings. The van der Waals surface area contributed by atoms with E-state index >= 15 is 0 Å². The minimum atomic E-state index is -0.818. The molecule has 10 heteroatoms. The number of hydrogen-bond donors (Lipinski definition) is 3. The Morgan fingerprint density at radius 3 is 2.93 bits per heavy atom. The summed E-state index contributed by atoms with van der Waals surface area (Å²) in [7, 11) is 0. The Kier molecular flexibility index (Phi) is 6.19. The highest BCUT2D eigenvalue weighted by Gasteiger charge is 2.21. The molecule has 0 atom stereocenters. The number of amides is 2. The van der Waals surface area contributed by atoms with Crippen LogP contribution in [0.4, 0.5) is 5.82 Å². The molecule has 1 aliphatic carbocycles. The third-order valence-electron chi connectivity index (χ3n) is 4.36. The second-order valence-corrected chi connectivity index (χ2v) is 6.51. The van der Waals surface area contributed by atoms with Gasteiger partial charge in [0.15, 0.2) is 0 Å². The van der Waals surface area contributed by atoms with Crippen molar-refractivity contribution in [3.05, 3.63) is 33.4 Å². The van der Waals surface area contributed by atoms with E-state index in [1.165, 1.54) is 4.68 Å². The Balaban J connectivity index is 1.71. The fourth-order valence-corrected chi connectivity index (χ4v) is 3.05. The molecule has 150 valence electrons. The fourth-order valence-electron chi connectivity index (χ4n) is 3.05. The number of nitrogens with zero attached hydrogens (tertiary/aromatic N) is 3. The number of hydrogen-bond acceptors (Lipinski definition) is 6. The van der Waals surface area contributed by atoms with Crippen LogP contribution in [0.2, 0.25) is 0 Å². The number of fused-ring (bicyclic) bond motifs is 1. The van der Waals surface area contributed by atoms with Crippen LogP contribution in [0.25, 0.3) is 5.95 Å². The van der Waals surface area contributed by atoms with Gasteiger partial charge in [-0.25, -0.2) is 4.98 Å². The summed E-state index contributed by atoms with van der Waals surface area (Å²) in [4.78, 5) is 43.6. The molecule has 28 heavy (non-hydrogen) atoms. The molecule has 10 nitrogen and oxygen atoms in total. The molecule has 0 aromatic carbocycles. The normalized spacial score (nSPS) is 12.6. The lowest BCUT2D eigenvalue weighted by atomic mass is 10.3. The number of ether oxygens (including phenoxy) is 1. The molecular weight excluding hydrogens is 364 g/mol. The number of H-pyrrole nitrogens is 1. The van der Waals surface area contributed by atoms with E-state index in [0.717, 1.165) is 18.5 Å². The third-order valence-corrected chi connectivity index (χ3v) is 4.36. The summed E-state index contributed by atoms with van der Waals surface area (Å²) in [6.45, 7) is 5.09. The Bertz CT molecular complexity index is 933. The number of aryl methyl sites for hydroxylation is 2. The van der Waals surface area contributed by atoms with Gasteiger partial charge in [-0.3, -0.25) is 19.4 Å². The Hall–Kier alpha value is -3.01. The van der Waals surface area contributed by atoms with Crippen LogP contribution < -0.4 is 16.2 Å². The molecule has 2 amide bonds. The van der Waals surface area contributed by atoms with Crippen LogP contribution in [0.1, 0.15) is 36.7 Å². The van der Waals surface area contributed by atoms with Crippen LogP contribution in [0, 0.1) is 6.92 Å². The molecule has 2 heterocycles. The molecule has 1 aliphatic rings. The zero-order valence-corrected chi connectivity index (χ0v) is 16.0. The highest BCUT2D eigenvalue weighted by molar-refractivity contribution is 6.39. The minimum absolute atomic E-state index is 0.199. The smallest absolute Gasteiger partial charge is 0.314 e. The number of carbonyl (C=O) groups excluding carboxylic acids is 2. The van der Waals surface area contributed by atoms with Gasteiger partial charge in [0.25, 0.3) is 5.56 Å². The predicted molar refractivity (Wildman–Crippen MR) is 101 cm³/mol. The van der Waals surface area contributed by atoms with E-state index < -0.39 is 11.8 Å². The van der Waals surface area contributed by atoms with Gasteiger partial charge in [-0.2, -0.15) is 9.78 Å². The van der Waals surface area contributed by atoms with Crippen molar-refractivity contribution < 1.29 is 14.3 Å². The predicted octanol–water partition coefficient (Wildman–Crippen LogP) is 0.234. The van der Waals surface area contributed by atoms with Gasteiger partial charge in [-0.1, -0.05) is 0 Å². The molecule has 0 saturated heterocycles. The van der Waals surface area contributed by atoms with Crippen LogP contribution >= 0.6 is 0 Å². The monoisotopic (exact) mass is 388 g/mol. The van der Waals surface area contributed by atoms with Gasteiger partial charge < -0.3 is 15.4 Å². The van der Waals surface area contributed by atoms with Crippen molar-refractivity contribution in [2.45, 2.75) is 39.5 Å². The van der Waals surface area contributed by atoms with E-state index in [4.69, 9.17) is 4.74 Å². The minimum Gasteiger partial charge on any atom is -0.382 e. The summed E-state index contributed by atoms with van der Waals surface area (Å²) in [5.74, 6) is -1.10. The summed E-state index contributed by atoms with van der Waals surface area (Å²) >= 11 is 0. The van der Waals surface area contributed by atoms with Gasteiger partial charge in [0.1, 0.15) is 5.82 Å². The van der Waals surface area contributed by atoms with Crippen LogP contribution in [-0.2, 0) is 27.2 Å². The van der Waals surface area contributed by atoms with Crippen molar-refractivity contribution in [2.75, 3.05) is 25.1 Å². The molecule has 0 radical (unpaired) electrons. The molecular formula is C18H24N6O4. The van der Waals surface area contributed by atoms with E-state index in [-0.39, 0.29) is 17.3 Å². The zero-order chi connectivity index (χ0) is 20.1. The van der Waals surface area contributed by atoms with E-state index in [2.05, 4.69) is 25.7 Å². The molecule has 2 aromatic heterocycles. The van der Waals surface area contributed by atoms with Crippen molar-refractivity contribution in [3.8, 4) is 5.95 Å². The van der Waals surface area contributed by atoms with Crippen LogP contribution in [0.3, 0.4) is 0 Å². The molecule has 0 saturated carbocycles. The standard InChI is InChI=1S/C18H24N6O4/c1-3-28-9-5-8-19-16(26)17(27)21-14-10-11(2)23-24(14)18-20-13-7-4-6-12(13)15(25)22-18/h10H,3-9H2,1-2H3,(H,19,26)(H,21,27)(H,20,22,25). The first-order valence-corrected chi connectivity index (χ1v) is 9.35. The van der Waals surface area contributed by atoms with E-state index in [1.807, 2.05) is 6.92 Å². The lowest BCUT2D eigenvalue weighted by Crippen LogP contribution is -2.36. The number of rotatable bonds is 7. The Morgan fingerprint density at radius 1 is 1.32 bits per heavy atom. The SMILES string of the molecule is CCOCCCNC(=O)C(=O)Nc1cc(C)nn1-c1nc2c(c(=O)[nH]1)CCC2. The van der Waals surface area contributed by atoms with Gasteiger partial charge in [-0.05, 0) is 39.5 Å². The van der Waals surface area contributed by atoms with Crippen molar-refractivity contribution >= 4 is 17.6 Å². The molecule has 2 aromatic rings. The summed E-state index contributed by atoms with van der Waals surface area (Å²) in [5, 5.41) is 9.34. The maximum atomic E-state index is 12.2. The van der Waals surface area contributed by atoms with E-state index in [1.54, 1.807) is 13.0 Å². The first kappa shape index (κ1) is 19.7. The topological polar surface area (TPSA) is 131 Å². The second-order valence-electron chi connectivity index (χ2n) is 6.51. The second kappa shape index (κ2) is 8.79. The number of anilines is 1. The zero-order valence-electron chi connectivity index (χ0n) is 16.0. The van der Waals surface area contributed by atoms with Crippen LogP contribution in [0.5, 0.6) is 0 Å². The van der Waals surface area contributed by atoms with Crippen LogP contribution in [-0.4, -0.2) is 51.3 Å². The van der Waals surface area contributed by atoms with Gasteiger partial charge >= 0.3 is 11.8 Å². The number of carbonyl (C=O) groups is 2. The first-order chi connectivity index (χ1) is 13.5. The number of aromatic nitrogens is 4. The Labute approximate surface area is 161 Å². The van der Waals surface area contributed by atoms with Gasteiger partial charge in [-0.15, -0.1) is 0 Å². The highest BCUT2D eigenvalue weighted by Crippen LogP contribution is 2.19. The maximum absolute atomic E-state index is 12.2. The maximum Gasteiger partial charge on any atom is 0.314 e. The average molecular weight is 388 g/mol. The highest BCUT2D eigenvalue weighted by atomic mass is 16.5. The summed E-state index contributed by atoms with van der Waals surface area (Å²) < 4.78 is 6.51. The van der Waals surface area contributed by atoms with Crippen molar-refractivity contribution in [1.82, 2.24) is 25.1 Å². The fraction of sp³-hybridized carbons (Fsp3) is 0.500. The summed E-state index contributed by atoms with van der Waals surface area (Å²) in [6, 6.07) is 1.60. The molecule has 3 rings (SSSR count). The largest absolute Gasteiger partial charge is 0.382 e. The Morgan fingerprint density at radius 2 is 2.14 bits per heavy atom. The van der Waals surface area contributed by atoms with Gasteiger partial charge in [0.2, 0.25) is 5.95 Å². The number of aromatic amines is 1. The molecule has 0 aliphatic heterocycles. The lowest BCUT2D eigenvalue weighted by Gasteiger charge is -2.09. The molecule has 0 unspecified atom stereocenters. The third kappa shape index (κ3) is 4.45. The van der Waals surface area contributed by atoms with Crippen LogP contribution in [0.15, 0.2) is 10.9 Å². The van der Waals surface area contributed by atoms with E-state index in [0.29, 0.717) is 43.9 Å².